The molecule has 0 saturated heterocycles. The first-order valence-corrected chi connectivity index (χ1v) is 6.49. The Labute approximate surface area is 87.9 Å². The normalized spacial score (nSPS) is 36.9. The summed E-state index contributed by atoms with van der Waals surface area (Å²) in [6.45, 7) is 2.24. The summed E-state index contributed by atoms with van der Waals surface area (Å²) in [5, 5.41) is 9.99. The molecule has 0 spiro atoms. The molecule has 0 bridgehead atoms. The van der Waals surface area contributed by atoms with Crippen LogP contribution in [0.25, 0.3) is 0 Å². The van der Waals surface area contributed by atoms with Gasteiger partial charge >= 0.3 is 0 Å². The van der Waals surface area contributed by atoms with Crippen molar-refractivity contribution in [3.8, 4) is 0 Å². The van der Waals surface area contributed by atoms with Gasteiger partial charge in [0.15, 0.2) is 0 Å². The summed E-state index contributed by atoms with van der Waals surface area (Å²) in [4.78, 5) is 0. The van der Waals surface area contributed by atoms with Gasteiger partial charge < -0.3 is 5.11 Å². The second-order valence-corrected chi connectivity index (χ2v) is 5.40. The van der Waals surface area contributed by atoms with E-state index in [0.717, 1.165) is 18.3 Å². The van der Waals surface area contributed by atoms with Crippen molar-refractivity contribution in [2.75, 3.05) is 0 Å². The molecule has 2 rings (SSSR count). The van der Waals surface area contributed by atoms with E-state index in [9.17, 15) is 5.11 Å². The van der Waals surface area contributed by atoms with E-state index in [4.69, 9.17) is 0 Å². The number of rotatable bonds is 6. The average Bonchev–Trinajstić information content (AvgIpc) is 2.80. The quantitative estimate of drug-likeness (QED) is 0.646. The smallest absolute Gasteiger partial charge is 0.0568 e. The molecule has 0 aromatic heterocycles. The maximum Gasteiger partial charge on any atom is 0.0568 e. The summed E-state index contributed by atoms with van der Waals surface area (Å²) in [5.41, 5.74) is 0. The SMILES string of the molecule is CCCCCCC(O)C1CC2CC2C1. The van der Waals surface area contributed by atoms with Gasteiger partial charge in [-0.15, -0.1) is 0 Å². The third-order valence-electron chi connectivity index (χ3n) is 4.18. The molecule has 3 unspecified atom stereocenters. The Morgan fingerprint density at radius 1 is 1.07 bits per heavy atom. The summed E-state index contributed by atoms with van der Waals surface area (Å²) in [5.74, 6) is 2.70. The van der Waals surface area contributed by atoms with Gasteiger partial charge in [0, 0.05) is 0 Å². The van der Waals surface area contributed by atoms with E-state index in [2.05, 4.69) is 6.92 Å². The van der Waals surface area contributed by atoms with Gasteiger partial charge in [-0.1, -0.05) is 32.6 Å². The highest BCUT2D eigenvalue weighted by atomic mass is 16.3. The Morgan fingerprint density at radius 2 is 1.79 bits per heavy atom. The lowest BCUT2D eigenvalue weighted by Crippen LogP contribution is -2.18. The van der Waals surface area contributed by atoms with E-state index in [1.54, 1.807) is 0 Å². The fraction of sp³-hybridized carbons (Fsp3) is 1.00. The zero-order valence-electron chi connectivity index (χ0n) is 9.41. The maximum atomic E-state index is 9.99. The summed E-state index contributed by atoms with van der Waals surface area (Å²) >= 11 is 0. The number of hydrogen-bond acceptors (Lipinski definition) is 1. The number of aliphatic hydroxyl groups is 1. The van der Waals surface area contributed by atoms with Crippen LogP contribution in [-0.4, -0.2) is 11.2 Å². The molecule has 0 heterocycles. The minimum Gasteiger partial charge on any atom is -0.393 e. The van der Waals surface area contributed by atoms with Crippen molar-refractivity contribution in [1.29, 1.82) is 0 Å². The van der Waals surface area contributed by atoms with E-state index in [0.29, 0.717) is 5.92 Å². The van der Waals surface area contributed by atoms with Crippen LogP contribution in [-0.2, 0) is 0 Å². The maximum absolute atomic E-state index is 9.99. The molecule has 3 atom stereocenters. The fourth-order valence-corrected chi connectivity index (χ4v) is 3.09. The molecular formula is C13H24O. The first kappa shape index (κ1) is 10.5. The van der Waals surface area contributed by atoms with Crippen molar-refractivity contribution in [1.82, 2.24) is 0 Å². The van der Waals surface area contributed by atoms with E-state index in [-0.39, 0.29) is 6.10 Å². The largest absolute Gasteiger partial charge is 0.393 e. The van der Waals surface area contributed by atoms with Crippen LogP contribution in [0.1, 0.15) is 58.3 Å². The van der Waals surface area contributed by atoms with Crippen LogP contribution >= 0.6 is 0 Å². The second-order valence-electron chi connectivity index (χ2n) is 5.40. The third kappa shape index (κ3) is 2.50. The van der Waals surface area contributed by atoms with Crippen LogP contribution in [0.3, 0.4) is 0 Å². The lowest BCUT2D eigenvalue weighted by atomic mass is 9.93. The van der Waals surface area contributed by atoms with Gasteiger partial charge in [-0.05, 0) is 43.4 Å². The van der Waals surface area contributed by atoms with Crippen molar-refractivity contribution in [3.63, 3.8) is 0 Å². The standard InChI is InChI=1S/C13H24O/c1-2-3-4-5-6-13(14)12-8-10-7-11(10)9-12/h10-14H,2-9H2,1H3. The number of fused-ring (bicyclic) bond motifs is 1. The Morgan fingerprint density at radius 3 is 2.43 bits per heavy atom. The molecule has 2 aliphatic rings. The van der Waals surface area contributed by atoms with E-state index in [1.807, 2.05) is 0 Å². The van der Waals surface area contributed by atoms with Crippen LogP contribution in [0.5, 0.6) is 0 Å². The van der Waals surface area contributed by atoms with Crippen molar-refractivity contribution < 1.29 is 5.11 Å². The summed E-state index contributed by atoms with van der Waals surface area (Å²) in [7, 11) is 0. The lowest BCUT2D eigenvalue weighted by Gasteiger charge is -2.19. The molecule has 1 heteroatoms. The minimum absolute atomic E-state index is 0.0275. The van der Waals surface area contributed by atoms with Crippen molar-refractivity contribution in [2.45, 2.75) is 64.4 Å². The van der Waals surface area contributed by atoms with E-state index < -0.39 is 0 Å². The molecule has 0 aliphatic heterocycles. The van der Waals surface area contributed by atoms with Crippen LogP contribution in [0.2, 0.25) is 0 Å². The molecule has 82 valence electrons. The van der Waals surface area contributed by atoms with E-state index >= 15 is 0 Å². The molecule has 2 fully saturated rings. The highest BCUT2D eigenvalue weighted by molar-refractivity contribution is 4.97. The second kappa shape index (κ2) is 4.65. The highest BCUT2D eigenvalue weighted by Gasteiger charge is 2.47. The molecule has 0 aromatic rings. The average molecular weight is 196 g/mol. The fourth-order valence-electron chi connectivity index (χ4n) is 3.09. The van der Waals surface area contributed by atoms with Crippen LogP contribution < -0.4 is 0 Å². The predicted octanol–water partition coefficient (Wildman–Crippen LogP) is 3.36. The predicted molar refractivity (Wildman–Crippen MR) is 59.1 cm³/mol. The van der Waals surface area contributed by atoms with Crippen molar-refractivity contribution in [3.05, 3.63) is 0 Å². The summed E-state index contributed by atoms with van der Waals surface area (Å²) in [6.07, 6.45) is 10.4. The number of hydrogen-bond donors (Lipinski definition) is 1. The van der Waals surface area contributed by atoms with Crippen molar-refractivity contribution in [2.24, 2.45) is 17.8 Å². The molecule has 2 saturated carbocycles. The Balaban J connectivity index is 1.56. The lowest BCUT2D eigenvalue weighted by molar-refractivity contribution is 0.0925. The number of aliphatic hydroxyl groups excluding tert-OH is 1. The molecule has 0 radical (unpaired) electrons. The molecule has 1 nitrogen and oxygen atoms in total. The van der Waals surface area contributed by atoms with Crippen LogP contribution in [0.4, 0.5) is 0 Å². The zero-order chi connectivity index (χ0) is 9.97. The molecule has 1 N–H and O–H groups in total. The van der Waals surface area contributed by atoms with Crippen LogP contribution in [0.15, 0.2) is 0 Å². The molecule has 0 amide bonds. The number of unbranched alkanes of at least 4 members (excludes halogenated alkanes) is 3. The van der Waals surface area contributed by atoms with Gasteiger partial charge in [-0.2, -0.15) is 0 Å². The molecule has 2 aliphatic carbocycles. The molecule has 14 heavy (non-hydrogen) atoms. The molecule has 0 aromatic carbocycles. The van der Waals surface area contributed by atoms with Gasteiger partial charge in [0.05, 0.1) is 6.10 Å². The topological polar surface area (TPSA) is 20.2 Å². The third-order valence-corrected chi connectivity index (χ3v) is 4.18. The Kier molecular flexibility index (Phi) is 3.48. The Bertz CT molecular complexity index is 168. The first-order chi connectivity index (χ1) is 6.81. The Hall–Kier alpha value is -0.0400. The monoisotopic (exact) mass is 196 g/mol. The first-order valence-electron chi connectivity index (χ1n) is 6.49. The van der Waals surface area contributed by atoms with Crippen molar-refractivity contribution >= 4 is 0 Å². The van der Waals surface area contributed by atoms with Gasteiger partial charge in [0.2, 0.25) is 0 Å². The zero-order valence-corrected chi connectivity index (χ0v) is 9.41. The summed E-state index contributed by atoms with van der Waals surface area (Å²) in [6, 6.07) is 0. The van der Waals surface area contributed by atoms with Crippen LogP contribution in [0, 0.1) is 17.8 Å². The van der Waals surface area contributed by atoms with Gasteiger partial charge in [0.1, 0.15) is 0 Å². The highest BCUT2D eigenvalue weighted by Crippen LogP contribution is 2.55. The summed E-state index contributed by atoms with van der Waals surface area (Å²) < 4.78 is 0. The minimum atomic E-state index is 0.0275. The van der Waals surface area contributed by atoms with Gasteiger partial charge in [-0.3, -0.25) is 0 Å². The van der Waals surface area contributed by atoms with E-state index in [1.165, 1.54) is 44.9 Å². The van der Waals surface area contributed by atoms with Gasteiger partial charge in [0.25, 0.3) is 0 Å². The molecular weight excluding hydrogens is 172 g/mol. The van der Waals surface area contributed by atoms with Gasteiger partial charge in [-0.25, -0.2) is 0 Å².